The molecule has 0 saturated carbocycles. The Hall–Kier alpha value is -1.73. The molecular formula is C27H43N5S2. The number of rotatable bonds is 11. The Morgan fingerprint density at radius 3 is 2.15 bits per heavy atom. The number of benzene rings is 1. The molecular weight excluding hydrogens is 458 g/mol. The highest BCUT2D eigenvalue weighted by Gasteiger charge is 2.65. The lowest BCUT2D eigenvalue weighted by molar-refractivity contribution is 0.215. The molecule has 0 radical (unpaired) electrons. The van der Waals surface area contributed by atoms with Gasteiger partial charge in [-0.1, -0.05) is 70.8 Å². The molecule has 0 amide bonds. The largest absolute Gasteiger partial charge is 0.322 e. The van der Waals surface area contributed by atoms with E-state index in [1.165, 1.54) is 24.9 Å². The van der Waals surface area contributed by atoms with Crippen LogP contribution in [-0.2, 0) is 0 Å². The molecule has 0 aromatic heterocycles. The van der Waals surface area contributed by atoms with Crippen LogP contribution < -0.4 is 9.91 Å². The molecule has 0 bridgehead atoms. The van der Waals surface area contributed by atoms with Crippen molar-refractivity contribution in [3.8, 4) is 0 Å². The third-order valence-electron chi connectivity index (χ3n) is 6.79. The molecule has 1 saturated heterocycles. The Kier molecular flexibility index (Phi) is 8.96. The van der Waals surface area contributed by atoms with Crippen LogP contribution in [0.1, 0.15) is 87.0 Å². The number of hydrogen-bond donors (Lipinski definition) is 0. The lowest BCUT2D eigenvalue weighted by atomic mass is 10.1. The molecule has 2 aliphatic rings. The first-order chi connectivity index (χ1) is 16.2. The molecule has 5 nitrogen and oxygen atoms in total. The number of para-hydroxylation sites is 2. The molecule has 1 aromatic rings. The Labute approximate surface area is 218 Å². The fraction of sp³-hybridized carbons (Fsp3) is 0.667. The highest BCUT2D eigenvalue weighted by atomic mass is 32.1. The zero-order valence-corrected chi connectivity index (χ0v) is 23.8. The van der Waals surface area contributed by atoms with Crippen molar-refractivity contribution in [2.45, 2.75) is 105 Å². The highest BCUT2D eigenvalue weighted by molar-refractivity contribution is 7.82. The van der Waals surface area contributed by atoms with Gasteiger partial charge < -0.3 is 9.80 Å². The predicted molar refractivity (Wildman–Crippen MR) is 155 cm³/mol. The van der Waals surface area contributed by atoms with Gasteiger partial charge in [0.1, 0.15) is 0 Å². The van der Waals surface area contributed by atoms with Crippen LogP contribution in [0, 0.1) is 5.92 Å². The van der Waals surface area contributed by atoms with E-state index < -0.39 is 5.79 Å². The van der Waals surface area contributed by atoms with Gasteiger partial charge in [0.15, 0.2) is 10.1 Å². The average Bonchev–Trinajstić information content (AvgIpc) is 3.19. The summed E-state index contributed by atoms with van der Waals surface area (Å²) in [4.78, 5) is 7.76. The van der Waals surface area contributed by atoms with Crippen molar-refractivity contribution in [2.24, 2.45) is 11.0 Å². The average molecular weight is 502 g/mol. The first-order valence-corrected chi connectivity index (χ1v) is 13.9. The van der Waals surface area contributed by atoms with Crippen LogP contribution >= 0.6 is 24.4 Å². The van der Waals surface area contributed by atoms with Crippen molar-refractivity contribution in [2.75, 3.05) is 16.5 Å². The second-order valence-electron chi connectivity index (χ2n) is 10.2. The van der Waals surface area contributed by atoms with Gasteiger partial charge in [-0.2, -0.15) is 5.10 Å². The van der Waals surface area contributed by atoms with Crippen LogP contribution in [0.4, 0.5) is 11.4 Å². The maximum atomic E-state index is 6.32. The van der Waals surface area contributed by atoms with E-state index in [0.717, 1.165) is 41.6 Å². The zero-order chi connectivity index (χ0) is 25.0. The normalized spacial score (nSPS) is 21.3. The van der Waals surface area contributed by atoms with Crippen molar-refractivity contribution in [1.29, 1.82) is 0 Å². The van der Waals surface area contributed by atoms with Gasteiger partial charge in [-0.15, -0.1) is 0 Å². The topological polar surface area (TPSA) is 25.3 Å². The Bertz CT molecular complexity index is 899. The molecule has 1 fully saturated rings. The van der Waals surface area contributed by atoms with Gasteiger partial charge in [0.05, 0.1) is 11.4 Å². The van der Waals surface area contributed by atoms with E-state index >= 15 is 0 Å². The first-order valence-electron chi connectivity index (χ1n) is 13.1. The monoisotopic (exact) mass is 501 g/mol. The van der Waals surface area contributed by atoms with Crippen LogP contribution in [0.2, 0.25) is 0 Å². The molecule has 188 valence electrons. The fourth-order valence-electron chi connectivity index (χ4n) is 5.10. The minimum atomic E-state index is -0.747. The molecule has 2 aliphatic heterocycles. The molecule has 2 unspecified atom stereocenters. The number of hydrazone groups is 1. The van der Waals surface area contributed by atoms with Crippen molar-refractivity contribution in [3.63, 3.8) is 0 Å². The minimum Gasteiger partial charge on any atom is -0.322 e. The van der Waals surface area contributed by atoms with Gasteiger partial charge in [-0.25, -0.2) is 5.01 Å². The zero-order valence-electron chi connectivity index (χ0n) is 22.1. The van der Waals surface area contributed by atoms with Gasteiger partial charge in [-0.3, -0.25) is 4.90 Å². The summed E-state index contributed by atoms with van der Waals surface area (Å²) in [6.45, 7) is 16.4. The maximum Gasteiger partial charge on any atom is 0.267 e. The van der Waals surface area contributed by atoms with E-state index in [9.17, 15) is 0 Å². The van der Waals surface area contributed by atoms with Crippen molar-refractivity contribution < 1.29 is 0 Å². The summed E-state index contributed by atoms with van der Waals surface area (Å²) < 4.78 is 0. The third kappa shape index (κ3) is 4.58. The standard InChI is InChI=1S/C27H43N5S2/c1-8-10-12-15-22(7)19-28-32-24-17-14-13-16-23(24)29(18-11-9-2)27(32)25(33)30(20(3)4)26(34)31(27)21(5)6/h13-14,16-17,19-22H,8-12,15,18H2,1-7H3/b28-19+. The summed E-state index contributed by atoms with van der Waals surface area (Å²) >= 11 is 12.4. The molecule has 0 aliphatic carbocycles. The maximum absolute atomic E-state index is 6.32. The second-order valence-corrected chi connectivity index (χ2v) is 10.9. The number of anilines is 2. The molecule has 2 atom stereocenters. The van der Waals surface area contributed by atoms with Crippen LogP contribution in [0.25, 0.3) is 0 Å². The van der Waals surface area contributed by atoms with Crippen LogP contribution in [0.15, 0.2) is 29.4 Å². The quantitative estimate of drug-likeness (QED) is 0.184. The summed E-state index contributed by atoms with van der Waals surface area (Å²) in [6.07, 6.45) is 9.19. The number of fused-ring (bicyclic) bond motifs is 1. The SMILES string of the molecule is CCCCCC(C)/C=N/N1c2ccccc2N(CCCC)C12C(=S)N(C(C)C)C(=S)N2C(C)C. The molecule has 2 heterocycles. The van der Waals surface area contributed by atoms with Gasteiger partial charge >= 0.3 is 0 Å². The van der Waals surface area contributed by atoms with Gasteiger partial charge in [0.25, 0.3) is 5.79 Å². The third-order valence-corrected chi connectivity index (χ3v) is 7.66. The Balaban J connectivity index is 2.18. The molecule has 0 N–H and O–H groups in total. The Morgan fingerprint density at radius 1 is 0.912 bits per heavy atom. The number of hydrogen-bond acceptors (Lipinski definition) is 5. The van der Waals surface area contributed by atoms with E-state index in [0.29, 0.717) is 5.92 Å². The first kappa shape index (κ1) is 26.9. The summed E-state index contributed by atoms with van der Waals surface area (Å²) in [5, 5.41) is 8.16. The number of nitrogens with zero attached hydrogens (tertiary/aromatic N) is 5. The van der Waals surface area contributed by atoms with E-state index in [4.69, 9.17) is 29.5 Å². The van der Waals surface area contributed by atoms with Crippen LogP contribution in [0.5, 0.6) is 0 Å². The highest BCUT2D eigenvalue weighted by Crippen LogP contribution is 2.52. The molecule has 1 aromatic carbocycles. The van der Waals surface area contributed by atoms with Gasteiger partial charge in [-0.05, 0) is 70.8 Å². The van der Waals surface area contributed by atoms with E-state index in [1.54, 1.807) is 0 Å². The van der Waals surface area contributed by atoms with Crippen LogP contribution in [0.3, 0.4) is 0 Å². The predicted octanol–water partition coefficient (Wildman–Crippen LogP) is 7.02. The van der Waals surface area contributed by atoms with E-state index in [2.05, 4.69) is 98.7 Å². The van der Waals surface area contributed by atoms with Crippen molar-refractivity contribution >= 4 is 52.1 Å². The fourth-order valence-corrected chi connectivity index (χ4v) is 6.39. The van der Waals surface area contributed by atoms with Crippen molar-refractivity contribution in [1.82, 2.24) is 9.80 Å². The van der Waals surface area contributed by atoms with Gasteiger partial charge in [0, 0.05) is 24.8 Å². The lowest BCUT2D eigenvalue weighted by Crippen LogP contribution is -2.69. The van der Waals surface area contributed by atoms with E-state index in [-0.39, 0.29) is 12.1 Å². The van der Waals surface area contributed by atoms with Crippen LogP contribution in [-0.4, -0.2) is 50.5 Å². The second kappa shape index (κ2) is 11.3. The van der Waals surface area contributed by atoms with Crippen molar-refractivity contribution in [3.05, 3.63) is 24.3 Å². The summed E-state index contributed by atoms with van der Waals surface area (Å²) in [7, 11) is 0. The summed E-state index contributed by atoms with van der Waals surface area (Å²) in [6, 6.07) is 8.92. The summed E-state index contributed by atoms with van der Waals surface area (Å²) in [5.41, 5.74) is 2.27. The number of unbranched alkanes of at least 4 members (excludes halogenated alkanes) is 3. The Morgan fingerprint density at radius 2 is 1.56 bits per heavy atom. The van der Waals surface area contributed by atoms with Gasteiger partial charge in [0.2, 0.25) is 0 Å². The summed E-state index contributed by atoms with van der Waals surface area (Å²) in [5.74, 6) is -0.348. The molecule has 1 spiro atoms. The molecule has 3 rings (SSSR count). The minimum absolute atomic E-state index is 0.160. The smallest absolute Gasteiger partial charge is 0.267 e. The number of thiocarbonyl (C=S) groups is 2. The van der Waals surface area contributed by atoms with E-state index in [1.807, 2.05) is 0 Å². The lowest BCUT2D eigenvalue weighted by Gasteiger charge is -2.47. The molecule has 34 heavy (non-hydrogen) atoms. The molecule has 7 heteroatoms.